The summed E-state index contributed by atoms with van der Waals surface area (Å²) in [6, 6.07) is 4.77. The predicted octanol–water partition coefficient (Wildman–Crippen LogP) is 0.905. The van der Waals surface area contributed by atoms with Crippen molar-refractivity contribution in [2.75, 3.05) is 6.77 Å². The van der Waals surface area contributed by atoms with Crippen LogP contribution in [0.15, 0.2) is 24.3 Å². The minimum atomic E-state index is -2.13. The molecular formula is C10H12FNO3. The molecule has 0 saturated heterocycles. The molecule has 0 fully saturated rings. The van der Waals surface area contributed by atoms with Crippen LogP contribution in [0.3, 0.4) is 0 Å². The number of carboxylic acid groups (broad SMARTS) is 1. The number of carbonyl (C=O) groups is 1. The maximum Gasteiger partial charge on any atom is 0.321 e. The summed E-state index contributed by atoms with van der Waals surface area (Å²) in [5.41, 5.74) is 0.637. The van der Waals surface area contributed by atoms with Gasteiger partial charge >= 0.3 is 5.97 Å². The molecule has 4 nitrogen and oxygen atoms in total. The molecule has 0 spiro atoms. The lowest BCUT2D eigenvalue weighted by atomic mass is 10.1. The Morgan fingerprint density at radius 3 is 2.60 bits per heavy atom. The van der Waals surface area contributed by atoms with Gasteiger partial charge in [-0.05, 0) is 24.1 Å². The molecule has 5 heteroatoms. The topological polar surface area (TPSA) is 69.6 Å². The third-order valence-corrected chi connectivity index (χ3v) is 1.94. The van der Waals surface area contributed by atoms with E-state index in [1.54, 1.807) is 12.1 Å². The minimum absolute atomic E-state index is 0.0505. The van der Waals surface area contributed by atoms with Crippen molar-refractivity contribution in [2.45, 2.75) is 12.5 Å². The second-order valence-electron chi connectivity index (χ2n) is 3.04. The van der Waals surface area contributed by atoms with Crippen molar-refractivity contribution >= 4 is 5.97 Å². The molecule has 0 heterocycles. The molecule has 1 aromatic rings. The number of hydrogen-bond acceptors (Lipinski definition) is 3. The fraction of sp³-hybridized carbons (Fsp3) is 0.300. The molecule has 1 aromatic carbocycles. The van der Waals surface area contributed by atoms with Crippen LogP contribution in [-0.2, 0) is 11.2 Å². The zero-order valence-electron chi connectivity index (χ0n) is 8.85. The Hall–Kier alpha value is -1.62. The van der Waals surface area contributed by atoms with Gasteiger partial charge in [0, 0.05) is 0 Å². The van der Waals surface area contributed by atoms with E-state index < -0.39 is 18.8 Å². The molecule has 82 valence electrons. The number of phenols is 1. The first-order chi connectivity index (χ1) is 7.49. The normalized spacial score (nSPS) is 15.4. The van der Waals surface area contributed by atoms with Crippen LogP contribution < -0.4 is 5.32 Å². The van der Waals surface area contributed by atoms with Gasteiger partial charge in [0.1, 0.15) is 18.6 Å². The summed E-state index contributed by atoms with van der Waals surface area (Å²) in [6.07, 6.45) is 0.0505. The Morgan fingerprint density at radius 1 is 1.53 bits per heavy atom. The third-order valence-electron chi connectivity index (χ3n) is 1.94. The van der Waals surface area contributed by atoms with Crippen LogP contribution in [0.5, 0.6) is 5.75 Å². The highest BCUT2D eigenvalue weighted by Gasteiger charge is 2.16. The van der Waals surface area contributed by atoms with Gasteiger partial charge < -0.3 is 10.2 Å². The Morgan fingerprint density at radius 2 is 2.13 bits per heavy atom. The van der Waals surface area contributed by atoms with E-state index in [4.69, 9.17) is 11.6 Å². The molecule has 1 rings (SSSR count). The molecule has 0 aromatic heterocycles. The number of phenolic OH excluding ortho intramolecular Hbond substituents is 1. The Kier molecular flexibility index (Phi) is 3.51. The number of halogens is 1. The van der Waals surface area contributed by atoms with Crippen LogP contribution in [0, 0.1) is 0 Å². The second kappa shape index (κ2) is 5.31. The van der Waals surface area contributed by atoms with Gasteiger partial charge in [0.2, 0.25) is 0 Å². The Bertz CT molecular complexity index is 356. The summed E-state index contributed by atoms with van der Waals surface area (Å²) < 4.78 is 19.0. The number of hydrogen-bond donors (Lipinski definition) is 3. The first-order valence-electron chi connectivity index (χ1n) is 4.90. The zero-order chi connectivity index (χ0) is 12.1. The summed E-state index contributed by atoms with van der Waals surface area (Å²) in [7, 11) is 0. The van der Waals surface area contributed by atoms with Gasteiger partial charge in [0.25, 0.3) is 0 Å². The third kappa shape index (κ3) is 3.55. The largest absolute Gasteiger partial charge is 0.508 e. The lowest BCUT2D eigenvalue weighted by Crippen LogP contribution is -2.37. The van der Waals surface area contributed by atoms with Crippen molar-refractivity contribution in [1.29, 1.82) is 0 Å². The molecule has 15 heavy (non-hydrogen) atoms. The van der Waals surface area contributed by atoms with Crippen LogP contribution >= 0.6 is 0 Å². The number of aromatic hydroxyl groups is 1. The number of rotatable bonds is 5. The Balaban J connectivity index is 2.68. The molecule has 0 aliphatic rings. The van der Waals surface area contributed by atoms with Gasteiger partial charge in [-0.3, -0.25) is 10.1 Å². The molecule has 0 aliphatic carbocycles. The highest BCUT2D eigenvalue weighted by molar-refractivity contribution is 5.73. The fourth-order valence-electron chi connectivity index (χ4n) is 1.16. The standard InChI is InChI=1S/C10H12FNO3/c11-6-12-9(10(14)15)5-7-1-3-8(13)4-2-7/h1-4,9,12-13H,5-6H2,(H,14,15)/i6D. The van der Waals surface area contributed by atoms with Crippen molar-refractivity contribution in [3.05, 3.63) is 29.8 Å². The van der Waals surface area contributed by atoms with Gasteiger partial charge in [-0.25, -0.2) is 4.39 Å². The molecule has 0 saturated carbocycles. The van der Waals surface area contributed by atoms with E-state index in [0.717, 1.165) is 0 Å². The summed E-state index contributed by atoms with van der Waals surface area (Å²) >= 11 is 0. The molecule has 0 amide bonds. The van der Waals surface area contributed by atoms with E-state index in [1.807, 2.05) is 5.32 Å². The van der Waals surface area contributed by atoms with Gasteiger partial charge in [-0.15, -0.1) is 0 Å². The van der Waals surface area contributed by atoms with E-state index in [0.29, 0.717) is 5.56 Å². The van der Waals surface area contributed by atoms with Crippen molar-refractivity contribution in [2.24, 2.45) is 0 Å². The first-order valence-corrected chi connectivity index (χ1v) is 4.32. The number of aliphatic carboxylic acids is 1. The number of benzene rings is 1. The van der Waals surface area contributed by atoms with Gasteiger partial charge in [0.05, 0.1) is 1.37 Å². The lowest BCUT2D eigenvalue weighted by molar-refractivity contribution is -0.139. The van der Waals surface area contributed by atoms with Crippen LogP contribution in [-0.4, -0.2) is 29.0 Å². The summed E-state index contributed by atoms with van der Waals surface area (Å²) in [5, 5.41) is 19.8. The molecule has 3 N–H and O–H groups in total. The van der Waals surface area contributed by atoms with Crippen molar-refractivity contribution in [3.63, 3.8) is 0 Å². The Labute approximate surface area is 87.8 Å². The molecule has 2 atom stereocenters. The highest BCUT2D eigenvalue weighted by atomic mass is 19.1. The van der Waals surface area contributed by atoms with E-state index in [1.165, 1.54) is 12.1 Å². The maximum atomic E-state index is 12.3. The first kappa shape index (κ1) is 9.92. The van der Waals surface area contributed by atoms with Gasteiger partial charge in [-0.2, -0.15) is 0 Å². The molecule has 0 aliphatic heterocycles. The van der Waals surface area contributed by atoms with Crippen LogP contribution in [0.1, 0.15) is 6.93 Å². The fourth-order valence-corrected chi connectivity index (χ4v) is 1.16. The van der Waals surface area contributed by atoms with Gasteiger partial charge in [0.15, 0.2) is 0 Å². The highest BCUT2D eigenvalue weighted by Crippen LogP contribution is 2.11. The van der Waals surface area contributed by atoms with E-state index in [2.05, 4.69) is 0 Å². The summed E-state index contributed by atoms with van der Waals surface area (Å²) in [5.74, 6) is -1.14. The van der Waals surface area contributed by atoms with E-state index >= 15 is 0 Å². The van der Waals surface area contributed by atoms with Crippen LogP contribution in [0.2, 0.25) is 0 Å². The average Bonchev–Trinajstić information content (AvgIpc) is 2.19. The second-order valence-corrected chi connectivity index (χ2v) is 3.04. The summed E-state index contributed by atoms with van der Waals surface area (Å²) in [6.45, 7) is -2.13. The van der Waals surface area contributed by atoms with Crippen LogP contribution in [0.4, 0.5) is 4.39 Å². The SMILES string of the molecule is [2H]C(F)NC(Cc1ccc(O)cc1)C(=O)O. The minimum Gasteiger partial charge on any atom is -0.508 e. The molecular weight excluding hydrogens is 201 g/mol. The quantitative estimate of drug-likeness (QED) is 0.637. The van der Waals surface area contributed by atoms with Crippen LogP contribution in [0.25, 0.3) is 0 Å². The van der Waals surface area contributed by atoms with E-state index in [-0.39, 0.29) is 12.2 Å². The number of carboxylic acids is 1. The summed E-state index contributed by atoms with van der Waals surface area (Å²) in [4.78, 5) is 10.7. The number of alkyl halides is 1. The zero-order valence-corrected chi connectivity index (χ0v) is 7.85. The van der Waals surface area contributed by atoms with E-state index in [9.17, 15) is 9.18 Å². The maximum absolute atomic E-state index is 12.3. The van der Waals surface area contributed by atoms with Crippen molar-refractivity contribution < 1.29 is 20.8 Å². The lowest BCUT2D eigenvalue weighted by Gasteiger charge is -2.11. The molecule has 0 bridgehead atoms. The average molecular weight is 214 g/mol. The van der Waals surface area contributed by atoms with Gasteiger partial charge in [-0.1, -0.05) is 12.1 Å². The molecule has 2 unspecified atom stereocenters. The molecule has 0 radical (unpaired) electrons. The van der Waals surface area contributed by atoms with Crippen molar-refractivity contribution in [3.8, 4) is 5.75 Å². The van der Waals surface area contributed by atoms with Crippen molar-refractivity contribution in [1.82, 2.24) is 5.32 Å². The number of nitrogens with one attached hydrogen (secondary N) is 1. The smallest absolute Gasteiger partial charge is 0.321 e. The predicted molar refractivity (Wildman–Crippen MR) is 52.3 cm³/mol. The monoisotopic (exact) mass is 214 g/mol.